The molecule has 0 bridgehead atoms. The molecular formula is C24H29N3O7. The van der Waals surface area contributed by atoms with Gasteiger partial charge in [0.15, 0.2) is 18.1 Å². The van der Waals surface area contributed by atoms with Crippen LogP contribution < -0.4 is 25.0 Å². The first kappa shape index (κ1) is 26.2. The van der Waals surface area contributed by atoms with Crippen molar-refractivity contribution in [1.29, 1.82) is 0 Å². The van der Waals surface area contributed by atoms with E-state index in [2.05, 4.69) is 15.8 Å². The smallest absolute Gasteiger partial charge is 0.344 e. The molecule has 0 radical (unpaired) electrons. The molecule has 0 aliphatic heterocycles. The summed E-state index contributed by atoms with van der Waals surface area (Å²) in [5, 5.41) is 6.62. The fraction of sp³-hybridized carbons (Fsp3) is 0.333. The second-order valence-electron chi connectivity index (χ2n) is 6.80. The largest absolute Gasteiger partial charge is 0.497 e. The molecule has 0 atom stereocenters. The first-order valence-corrected chi connectivity index (χ1v) is 10.8. The lowest BCUT2D eigenvalue weighted by atomic mass is 10.2. The van der Waals surface area contributed by atoms with Gasteiger partial charge in [-0.25, -0.2) is 10.2 Å². The molecule has 0 heterocycles. The Kier molecular flexibility index (Phi) is 10.9. The summed E-state index contributed by atoms with van der Waals surface area (Å²) in [5.74, 6) is 0.333. The van der Waals surface area contributed by atoms with E-state index in [1.807, 2.05) is 6.92 Å². The molecule has 0 spiro atoms. The lowest BCUT2D eigenvalue weighted by molar-refractivity contribution is -0.145. The van der Waals surface area contributed by atoms with Crippen LogP contribution in [0.2, 0.25) is 0 Å². The SMILES string of the molecule is CCOC(=O)COc1ccc(C=NNC(=O)CCC(=O)Nc2ccc(OC)cc2)cc1OCC. The van der Waals surface area contributed by atoms with Gasteiger partial charge in [0.2, 0.25) is 11.8 Å². The molecule has 10 heteroatoms. The van der Waals surface area contributed by atoms with Gasteiger partial charge in [-0.3, -0.25) is 9.59 Å². The normalized spacial score (nSPS) is 10.4. The predicted molar refractivity (Wildman–Crippen MR) is 126 cm³/mol. The molecule has 0 aliphatic carbocycles. The summed E-state index contributed by atoms with van der Waals surface area (Å²) >= 11 is 0. The van der Waals surface area contributed by atoms with Gasteiger partial charge in [0, 0.05) is 18.5 Å². The number of carbonyl (C=O) groups excluding carboxylic acids is 3. The van der Waals surface area contributed by atoms with Gasteiger partial charge < -0.3 is 24.3 Å². The lowest BCUT2D eigenvalue weighted by Gasteiger charge is -2.12. The van der Waals surface area contributed by atoms with Gasteiger partial charge in [0.25, 0.3) is 0 Å². The number of nitrogens with zero attached hydrogens (tertiary/aromatic N) is 1. The monoisotopic (exact) mass is 471 g/mol. The Labute approximate surface area is 198 Å². The van der Waals surface area contributed by atoms with Crippen LogP contribution in [-0.4, -0.2) is 50.9 Å². The zero-order valence-corrected chi connectivity index (χ0v) is 19.5. The van der Waals surface area contributed by atoms with Crippen molar-refractivity contribution in [2.24, 2.45) is 5.10 Å². The van der Waals surface area contributed by atoms with E-state index < -0.39 is 11.9 Å². The highest BCUT2D eigenvalue weighted by Gasteiger charge is 2.10. The number of ether oxygens (including phenoxy) is 4. The van der Waals surface area contributed by atoms with Crippen molar-refractivity contribution in [2.75, 3.05) is 32.2 Å². The molecular weight excluding hydrogens is 442 g/mol. The summed E-state index contributed by atoms with van der Waals surface area (Å²) in [5.41, 5.74) is 3.64. The third kappa shape index (κ3) is 9.19. The topological polar surface area (TPSA) is 125 Å². The van der Waals surface area contributed by atoms with E-state index in [0.717, 1.165) is 0 Å². The zero-order chi connectivity index (χ0) is 24.8. The molecule has 2 rings (SSSR count). The third-order valence-corrected chi connectivity index (χ3v) is 4.27. The Morgan fingerprint density at radius 3 is 2.32 bits per heavy atom. The number of hydrogen-bond acceptors (Lipinski definition) is 8. The van der Waals surface area contributed by atoms with Gasteiger partial charge in [0.05, 0.1) is 26.5 Å². The molecule has 0 unspecified atom stereocenters. The number of benzene rings is 2. The molecule has 2 aromatic carbocycles. The summed E-state index contributed by atoms with van der Waals surface area (Å²) < 4.78 is 20.9. The maximum absolute atomic E-state index is 12.0. The number of amides is 2. The number of rotatable bonds is 13. The molecule has 0 saturated carbocycles. The molecule has 2 amide bonds. The molecule has 0 fully saturated rings. The van der Waals surface area contributed by atoms with Crippen molar-refractivity contribution in [3.63, 3.8) is 0 Å². The predicted octanol–water partition coefficient (Wildman–Crippen LogP) is 2.90. The Morgan fingerprint density at radius 1 is 0.912 bits per heavy atom. The third-order valence-electron chi connectivity index (χ3n) is 4.27. The van der Waals surface area contributed by atoms with Gasteiger partial charge >= 0.3 is 5.97 Å². The molecule has 2 N–H and O–H groups in total. The van der Waals surface area contributed by atoms with Crippen LogP contribution in [0.15, 0.2) is 47.6 Å². The average molecular weight is 472 g/mol. The first-order chi connectivity index (χ1) is 16.4. The van der Waals surface area contributed by atoms with Gasteiger partial charge in [-0.1, -0.05) is 0 Å². The quantitative estimate of drug-likeness (QED) is 0.261. The maximum atomic E-state index is 12.0. The Morgan fingerprint density at radius 2 is 1.65 bits per heavy atom. The van der Waals surface area contributed by atoms with Crippen LogP contribution in [-0.2, 0) is 19.1 Å². The molecule has 0 saturated heterocycles. The van der Waals surface area contributed by atoms with E-state index in [-0.39, 0.29) is 32.0 Å². The minimum absolute atomic E-state index is 0.00831. The highest BCUT2D eigenvalue weighted by molar-refractivity contribution is 5.93. The minimum atomic E-state index is -0.476. The number of carbonyl (C=O) groups is 3. The van der Waals surface area contributed by atoms with Crippen LogP contribution in [0.25, 0.3) is 0 Å². The number of hydrazone groups is 1. The lowest BCUT2D eigenvalue weighted by Crippen LogP contribution is -2.20. The van der Waals surface area contributed by atoms with Crippen LogP contribution in [0.5, 0.6) is 17.2 Å². The van der Waals surface area contributed by atoms with E-state index in [0.29, 0.717) is 35.1 Å². The van der Waals surface area contributed by atoms with Crippen molar-refractivity contribution < 1.29 is 33.3 Å². The molecule has 182 valence electrons. The van der Waals surface area contributed by atoms with Gasteiger partial charge in [0.1, 0.15) is 5.75 Å². The Balaban J connectivity index is 1.82. The summed E-state index contributed by atoms with van der Waals surface area (Å²) in [7, 11) is 1.56. The zero-order valence-electron chi connectivity index (χ0n) is 19.5. The molecule has 0 aliphatic rings. The average Bonchev–Trinajstić information content (AvgIpc) is 2.83. The molecule has 0 aromatic heterocycles. The van der Waals surface area contributed by atoms with Gasteiger partial charge in [-0.05, 0) is 61.9 Å². The van der Waals surface area contributed by atoms with Crippen LogP contribution in [0.4, 0.5) is 5.69 Å². The molecule has 10 nitrogen and oxygen atoms in total. The van der Waals surface area contributed by atoms with Crippen LogP contribution in [0.1, 0.15) is 32.3 Å². The van der Waals surface area contributed by atoms with Crippen LogP contribution in [0.3, 0.4) is 0 Å². The number of esters is 1. The fourth-order valence-corrected chi connectivity index (χ4v) is 2.69. The van der Waals surface area contributed by atoms with Crippen molar-refractivity contribution in [3.8, 4) is 17.2 Å². The fourth-order valence-electron chi connectivity index (χ4n) is 2.69. The van der Waals surface area contributed by atoms with Crippen molar-refractivity contribution in [1.82, 2.24) is 5.43 Å². The highest BCUT2D eigenvalue weighted by atomic mass is 16.6. The minimum Gasteiger partial charge on any atom is -0.497 e. The summed E-state index contributed by atoms with van der Waals surface area (Å²) in [6, 6.07) is 11.9. The second-order valence-corrected chi connectivity index (χ2v) is 6.80. The highest BCUT2D eigenvalue weighted by Crippen LogP contribution is 2.28. The number of nitrogens with one attached hydrogen (secondary N) is 2. The van der Waals surface area contributed by atoms with Gasteiger partial charge in [-0.15, -0.1) is 0 Å². The maximum Gasteiger partial charge on any atom is 0.344 e. The van der Waals surface area contributed by atoms with Crippen molar-refractivity contribution >= 4 is 29.7 Å². The first-order valence-electron chi connectivity index (χ1n) is 10.8. The summed E-state index contributed by atoms with van der Waals surface area (Å²) in [6.07, 6.45) is 1.42. The van der Waals surface area contributed by atoms with E-state index in [1.54, 1.807) is 56.5 Å². The van der Waals surface area contributed by atoms with Crippen molar-refractivity contribution in [2.45, 2.75) is 26.7 Å². The van der Waals surface area contributed by atoms with Crippen molar-refractivity contribution in [3.05, 3.63) is 48.0 Å². The number of hydrogen-bond donors (Lipinski definition) is 2. The van der Waals surface area contributed by atoms with E-state index >= 15 is 0 Å². The summed E-state index contributed by atoms with van der Waals surface area (Å²) in [4.78, 5) is 35.5. The number of anilines is 1. The van der Waals surface area contributed by atoms with Crippen LogP contribution >= 0.6 is 0 Å². The molecule has 2 aromatic rings. The molecule has 34 heavy (non-hydrogen) atoms. The van der Waals surface area contributed by atoms with E-state index in [9.17, 15) is 14.4 Å². The van der Waals surface area contributed by atoms with E-state index in [4.69, 9.17) is 18.9 Å². The van der Waals surface area contributed by atoms with Gasteiger partial charge in [-0.2, -0.15) is 5.10 Å². The number of methoxy groups -OCH3 is 1. The Bertz CT molecular complexity index is 991. The van der Waals surface area contributed by atoms with E-state index in [1.165, 1.54) is 6.21 Å². The Hall–Kier alpha value is -4.08. The standard InChI is InChI=1S/C24H29N3O7/c1-4-32-21-14-17(6-11-20(21)34-16-24(30)33-5-2)15-25-27-23(29)13-12-22(28)26-18-7-9-19(31-3)10-8-18/h6-11,14-15H,4-5,12-13,16H2,1-3H3,(H,26,28)(H,27,29). The second kappa shape index (κ2) is 14.1. The van der Waals surface area contributed by atoms with Crippen LogP contribution in [0, 0.1) is 0 Å². The summed E-state index contributed by atoms with van der Waals surface area (Å²) in [6.45, 7) is 3.97.